The van der Waals surface area contributed by atoms with Gasteiger partial charge in [-0.05, 0) is 12.8 Å². The molecule has 13 heavy (non-hydrogen) atoms. The fraction of sp³-hybridized carbons (Fsp3) is 0.556. The van der Waals surface area contributed by atoms with E-state index in [2.05, 4.69) is 24.1 Å². The van der Waals surface area contributed by atoms with E-state index in [4.69, 9.17) is 0 Å². The normalized spacial score (nSPS) is 12.9. The van der Waals surface area contributed by atoms with Crippen LogP contribution in [0.3, 0.4) is 0 Å². The van der Waals surface area contributed by atoms with Crippen molar-refractivity contribution in [1.82, 2.24) is 10.3 Å². The minimum atomic E-state index is -0.0811. The predicted molar refractivity (Wildman–Crippen MR) is 53.9 cm³/mol. The van der Waals surface area contributed by atoms with E-state index in [-0.39, 0.29) is 11.9 Å². The molecule has 1 heterocycles. The minimum absolute atomic E-state index is 0.0811. The molecule has 3 nitrogen and oxygen atoms in total. The average molecular weight is 198 g/mol. The van der Waals surface area contributed by atoms with Crippen LogP contribution >= 0.6 is 11.3 Å². The molecule has 1 atom stereocenters. The molecule has 1 rings (SSSR count). The summed E-state index contributed by atoms with van der Waals surface area (Å²) >= 11 is 1.43. The van der Waals surface area contributed by atoms with Crippen molar-refractivity contribution in [1.29, 1.82) is 0 Å². The molecule has 0 aliphatic rings. The molecule has 4 heteroatoms. The van der Waals surface area contributed by atoms with Crippen LogP contribution in [0.2, 0.25) is 0 Å². The van der Waals surface area contributed by atoms with Crippen molar-refractivity contribution >= 4 is 17.2 Å². The van der Waals surface area contributed by atoms with Crippen molar-refractivity contribution in [2.24, 2.45) is 5.92 Å². The zero-order valence-corrected chi connectivity index (χ0v) is 8.89. The summed E-state index contributed by atoms with van der Waals surface area (Å²) in [5.41, 5.74) is 2.17. The van der Waals surface area contributed by atoms with Gasteiger partial charge in [0, 0.05) is 11.4 Å². The van der Waals surface area contributed by atoms with Gasteiger partial charge in [0.2, 0.25) is 0 Å². The first-order chi connectivity index (χ1) is 6.11. The molecule has 0 fully saturated rings. The molecule has 1 N–H and O–H groups in total. The van der Waals surface area contributed by atoms with Gasteiger partial charge >= 0.3 is 0 Å². The Balaban J connectivity index is 2.52. The van der Waals surface area contributed by atoms with Crippen LogP contribution in [0, 0.1) is 5.92 Å². The second-order valence-electron chi connectivity index (χ2n) is 3.38. The number of carbonyl (C=O) groups is 1. The Morgan fingerprint density at radius 3 is 2.69 bits per heavy atom. The Bertz CT molecular complexity index is 269. The largest absolute Gasteiger partial charge is 0.348 e. The summed E-state index contributed by atoms with van der Waals surface area (Å²) in [6.07, 6.45) is 0. The van der Waals surface area contributed by atoms with Crippen molar-refractivity contribution in [2.45, 2.75) is 26.8 Å². The standard InChI is InChI=1S/C9H14N2OS/c1-6(2)7(3)11-9(12)8-4-13-5-10-8/h4-7H,1-3H3,(H,11,12). The van der Waals surface area contributed by atoms with Gasteiger partial charge in [-0.3, -0.25) is 4.79 Å². The van der Waals surface area contributed by atoms with Gasteiger partial charge in [0.25, 0.3) is 5.91 Å². The predicted octanol–water partition coefficient (Wildman–Crippen LogP) is 1.92. The van der Waals surface area contributed by atoms with E-state index in [1.807, 2.05) is 6.92 Å². The number of hydrogen-bond acceptors (Lipinski definition) is 3. The Kier molecular flexibility index (Phi) is 3.42. The summed E-state index contributed by atoms with van der Waals surface area (Å²) in [6.45, 7) is 6.15. The summed E-state index contributed by atoms with van der Waals surface area (Å²) < 4.78 is 0. The highest BCUT2D eigenvalue weighted by atomic mass is 32.1. The SMILES string of the molecule is CC(C)C(C)NC(=O)c1cscn1. The monoisotopic (exact) mass is 198 g/mol. The number of amides is 1. The van der Waals surface area contributed by atoms with Gasteiger partial charge < -0.3 is 5.32 Å². The molecule has 0 bridgehead atoms. The van der Waals surface area contributed by atoms with Crippen molar-refractivity contribution in [3.63, 3.8) is 0 Å². The van der Waals surface area contributed by atoms with Gasteiger partial charge in [-0.15, -0.1) is 11.3 Å². The fourth-order valence-electron chi connectivity index (χ4n) is 0.772. The molecule has 1 aromatic rings. The minimum Gasteiger partial charge on any atom is -0.348 e. The first-order valence-corrected chi connectivity index (χ1v) is 5.24. The molecular weight excluding hydrogens is 184 g/mol. The molecule has 0 aliphatic carbocycles. The van der Waals surface area contributed by atoms with Crippen LogP contribution in [0.1, 0.15) is 31.3 Å². The number of rotatable bonds is 3. The number of nitrogens with one attached hydrogen (secondary N) is 1. The maximum absolute atomic E-state index is 11.5. The molecule has 0 spiro atoms. The lowest BCUT2D eigenvalue weighted by atomic mass is 10.1. The lowest BCUT2D eigenvalue weighted by molar-refractivity contribution is 0.0926. The smallest absolute Gasteiger partial charge is 0.270 e. The number of nitrogens with zero attached hydrogens (tertiary/aromatic N) is 1. The van der Waals surface area contributed by atoms with Crippen molar-refractivity contribution < 1.29 is 4.79 Å². The van der Waals surface area contributed by atoms with Crippen molar-refractivity contribution in [2.75, 3.05) is 0 Å². The third kappa shape index (κ3) is 2.81. The number of aromatic nitrogens is 1. The molecule has 1 unspecified atom stereocenters. The van der Waals surface area contributed by atoms with E-state index >= 15 is 0 Å². The van der Waals surface area contributed by atoms with Crippen molar-refractivity contribution in [3.8, 4) is 0 Å². The summed E-state index contributed by atoms with van der Waals surface area (Å²) in [5, 5.41) is 4.64. The third-order valence-corrected chi connectivity index (χ3v) is 2.61. The van der Waals surface area contributed by atoms with E-state index in [1.165, 1.54) is 11.3 Å². The molecule has 1 amide bonds. The third-order valence-electron chi connectivity index (χ3n) is 2.02. The second-order valence-corrected chi connectivity index (χ2v) is 4.10. The fourth-order valence-corrected chi connectivity index (χ4v) is 1.30. The van der Waals surface area contributed by atoms with Crippen molar-refractivity contribution in [3.05, 3.63) is 16.6 Å². The topological polar surface area (TPSA) is 42.0 Å². The molecule has 0 radical (unpaired) electrons. The molecule has 0 aliphatic heterocycles. The zero-order valence-electron chi connectivity index (χ0n) is 8.07. The van der Waals surface area contributed by atoms with Crippen LogP contribution in [0.25, 0.3) is 0 Å². The number of hydrogen-bond donors (Lipinski definition) is 1. The number of carbonyl (C=O) groups excluding carboxylic acids is 1. The van der Waals surface area contributed by atoms with Crippen LogP contribution in [-0.2, 0) is 0 Å². The first-order valence-electron chi connectivity index (χ1n) is 4.30. The Morgan fingerprint density at radius 2 is 2.23 bits per heavy atom. The van der Waals surface area contributed by atoms with Crippen LogP contribution < -0.4 is 5.32 Å². The summed E-state index contributed by atoms with van der Waals surface area (Å²) in [4.78, 5) is 15.4. The van der Waals surface area contributed by atoms with Gasteiger partial charge in [0.05, 0.1) is 5.51 Å². The second kappa shape index (κ2) is 4.37. The van der Waals surface area contributed by atoms with Gasteiger partial charge in [0.1, 0.15) is 5.69 Å². The highest BCUT2D eigenvalue weighted by molar-refractivity contribution is 7.07. The Morgan fingerprint density at radius 1 is 1.54 bits per heavy atom. The maximum Gasteiger partial charge on any atom is 0.270 e. The first kappa shape index (κ1) is 10.2. The quantitative estimate of drug-likeness (QED) is 0.806. The van der Waals surface area contributed by atoms with Gasteiger partial charge in [-0.2, -0.15) is 0 Å². The molecule has 0 saturated carbocycles. The summed E-state index contributed by atoms with van der Waals surface area (Å²) in [5.74, 6) is 0.366. The molecular formula is C9H14N2OS. The maximum atomic E-state index is 11.5. The number of thiazole rings is 1. The van der Waals surface area contributed by atoms with E-state index in [9.17, 15) is 4.79 Å². The van der Waals surface area contributed by atoms with Crippen LogP contribution in [-0.4, -0.2) is 16.9 Å². The molecule has 1 aromatic heterocycles. The lowest BCUT2D eigenvalue weighted by Crippen LogP contribution is -2.36. The molecule has 72 valence electrons. The van der Waals surface area contributed by atoms with Gasteiger partial charge in [-0.1, -0.05) is 13.8 Å². The van der Waals surface area contributed by atoms with Crippen LogP contribution in [0.5, 0.6) is 0 Å². The van der Waals surface area contributed by atoms with E-state index in [0.29, 0.717) is 11.6 Å². The van der Waals surface area contributed by atoms with E-state index in [1.54, 1.807) is 10.9 Å². The summed E-state index contributed by atoms with van der Waals surface area (Å²) in [7, 11) is 0. The van der Waals surface area contributed by atoms with Gasteiger partial charge in [-0.25, -0.2) is 4.98 Å². The van der Waals surface area contributed by atoms with E-state index < -0.39 is 0 Å². The average Bonchev–Trinajstić information content (AvgIpc) is 2.55. The summed E-state index contributed by atoms with van der Waals surface area (Å²) in [6, 6.07) is 0.189. The van der Waals surface area contributed by atoms with E-state index in [0.717, 1.165) is 0 Å². The van der Waals surface area contributed by atoms with Crippen LogP contribution in [0.4, 0.5) is 0 Å². The van der Waals surface area contributed by atoms with Crippen LogP contribution in [0.15, 0.2) is 10.9 Å². The lowest BCUT2D eigenvalue weighted by Gasteiger charge is -2.16. The molecule has 0 saturated heterocycles. The Labute approximate surface area is 82.2 Å². The van der Waals surface area contributed by atoms with Gasteiger partial charge in [0.15, 0.2) is 0 Å². The Hall–Kier alpha value is -0.900. The zero-order chi connectivity index (χ0) is 9.84. The molecule has 0 aromatic carbocycles. The highest BCUT2D eigenvalue weighted by Crippen LogP contribution is 2.04. The highest BCUT2D eigenvalue weighted by Gasteiger charge is 2.13.